The lowest BCUT2D eigenvalue weighted by atomic mass is 9.80. The second kappa shape index (κ2) is 23.0. The van der Waals surface area contributed by atoms with Crippen LogP contribution in [0.4, 0.5) is 48.7 Å². The zero-order valence-corrected chi connectivity index (χ0v) is 40.5. The summed E-state index contributed by atoms with van der Waals surface area (Å²) in [6, 6.07) is 11.8. The third kappa shape index (κ3) is 12.8. The molecule has 2 aliphatic rings. The number of carbonyl (C=O) groups is 3. The van der Waals surface area contributed by atoms with Crippen LogP contribution in [-0.2, 0) is 53.6 Å². The van der Waals surface area contributed by atoms with Crippen molar-refractivity contribution in [1.82, 2.24) is 10.2 Å². The van der Waals surface area contributed by atoms with Crippen LogP contribution in [0.1, 0.15) is 91.5 Å². The first-order valence-corrected chi connectivity index (χ1v) is 22.4. The van der Waals surface area contributed by atoms with Crippen LogP contribution >= 0.6 is 11.6 Å². The van der Waals surface area contributed by atoms with E-state index in [2.05, 4.69) is 5.32 Å². The maximum absolute atomic E-state index is 14.7. The van der Waals surface area contributed by atoms with E-state index in [9.17, 15) is 58.3 Å². The first kappa shape index (κ1) is 56.6. The summed E-state index contributed by atoms with van der Waals surface area (Å²) >= 11 is 6.42. The molecule has 1 unspecified atom stereocenters. The number of esters is 2. The molecule has 2 aliphatic heterocycles. The van der Waals surface area contributed by atoms with Crippen LogP contribution in [0.15, 0.2) is 95.3 Å². The third-order valence-corrected chi connectivity index (χ3v) is 11.9. The average Bonchev–Trinajstić information content (AvgIpc) is 3.59. The number of hydrogen-bond donors (Lipinski definition) is 2. The summed E-state index contributed by atoms with van der Waals surface area (Å²) in [4.78, 5) is 39.3. The van der Waals surface area contributed by atoms with Gasteiger partial charge in [0.25, 0.3) is 0 Å². The van der Waals surface area contributed by atoms with Gasteiger partial charge in [-0.15, -0.1) is 0 Å². The molecule has 11 nitrogen and oxygen atoms in total. The molecule has 22 heteroatoms. The van der Waals surface area contributed by atoms with Gasteiger partial charge >= 0.3 is 36.6 Å². The van der Waals surface area contributed by atoms with Crippen molar-refractivity contribution < 1.29 is 82.0 Å². The number of nitrogens with zero attached hydrogens (tertiary/aromatic N) is 1. The molecule has 6 rings (SSSR count). The minimum absolute atomic E-state index is 0.0218. The lowest BCUT2D eigenvalue weighted by Gasteiger charge is -2.31. The van der Waals surface area contributed by atoms with Gasteiger partial charge in [-0.3, -0.25) is 4.90 Å². The smallest absolute Gasteiger partial charge is 0.416 e. The molecule has 1 saturated heterocycles. The number of ether oxygens (including phenoxy) is 5. The van der Waals surface area contributed by atoms with Crippen LogP contribution in [0.5, 0.6) is 5.75 Å². The van der Waals surface area contributed by atoms with Crippen molar-refractivity contribution in [2.75, 3.05) is 40.6 Å². The van der Waals surface area contributed by atoms with Crippen molar-refractivity contribution in [2.24, 2.45) is 5.73 Å². The highest BCUT2D eigenvalue weighted by Gasteiger charge is 2.44. The van der Waals surface area contributed by atoms with Crippen molar-refractivity contribution in [3.05, 3.63) is 145 Å². The molecule has 4 aromatic carbocycles. The van der Waals surface area contributed by atoms with E-state index in [1.807, 2.05) is 0 Å². The molecule has 0 saturated carbocycles. The van der Waals surface area contributed by atoms with Gasteiger partial charge in [-0.25, -0.2) is 18.8 Å². The Hall–Kier alpha value is -6.32. The number of carbonyl (C=O) groups excluding carboxylic acids is 3. The highest BCUT2D eigenvalue weighted by Crippen LogP contribution is 2.45. The number of alkyl halides is 9. The van der Waals surface area contributed by atoms with Gasteiger partial charge in [-0.05, 0) is 97.0 Å². The van der Waals surface area contributed by atoms with Crippen molar-refractivity contribution in [1.29, 1.82) is 0 Å². The van der Waals surface area contributed by atoms with Gasteiger partial charge in [0.05, 0.1) is 86.1 Å². The van der Waals surface area contributed by atoms with E-state index in [0.717, 1.165) is 29.2 Å². The fraction of sp³-hybridized carbons (Fsp3) is 0.380. The molecule has 0 radical (unpaired) electrons. The molecule has 3 N–H and O–H groups in total. The van der Waals surface area contributed by atoms with Gasteiger partial charge in [0.1, 0.15) is 17.7 Å². The summed E-state index contributed by atoms with van der Waals surface area (Å²) in [5, 5.41) is 3.52. The Bertz CT molecular complexity index is 2690. The Morgan fingerprint density at radius 3 is 2.01 bits per heavy atom. The van der Waals surface area contributed by atoms with E-state index in [-0.39, 0.29) is 58.8 Å². The molecular weight excluding hydrogens is 996 g/mol. The van der Waals surface area contributed by atoms with Crippen LogP contribution < -0.4 is 15.8 Å². The number of rotatable bonds is 14. The van der Waals surface area contributed by atoms with E-state index in [4.69, 9.17) is 41.0 Å². The fourth-order valence-corrected chi connectivity index (χ4v) is 8.41. The molecule has 0 bridgehead atoms. The Balaban J connectivity index is 0.000000296. The molecule has 390 valence electrons. The molecule has 72 heavy (non-hydrogen) atoms. The summed E-state index contributed by atoms with van der Waals surface area (Å²) in [6.07, 6.45) is -17.9. The molecule has 1 fully saturated rings. The Morgan fingerprint density at radius 2 is 1.47 bits per heavy atom. The summed E-state index contributed by atoms with van der Waals surface area (Å²) < 4.78 is 163. The highest BCUT2D eigenvalue weighted by molar-refractivity contribution is 6.31. The largest absolute Gasteiger partial charge is 0.496 e. The van der Waals surface area contributed by atoms with Crippen LogP contribution in [-0.4, -0.2) is 69.6 Å². The van der Waals surface area contributed by atoms with Crippen molar-refractivity contribution >= 4 is 29.6 Å². The lowest BCUT2D eigenvalue weighted by molar-refractivity contribution is -0.143. The van der Waals surface area contributed by atoms with Crippen LogP contribution in [0.2, 0.25) is 5.02 Å². The molecule has 1 amide bonds. The maximum Gasteiger partial charge on any atom is 0.416 e. The molecule has 4 aromatic rings. The Labute approximate surface area is 412 Å². The second-order valence-corrected chi connectivity index (χ2v) is 17.1. The number of methoxy groups -OCH3 is 2. The summed E-state index contributed by atoms with van der Waals surface area (Å²) in [5.41, 5.74) is 3.22. The zero-order chi connectivity index (χ0) is 53.6. The number of nitrogens with two attached hydrogens (primary N) is 1. The summed E-state index contributed by atoms with van der Waals surface area (Å²) in [6.45, 7) is 8.51. The monoisotopic (exact) mass is 1050 g/mol. The average molecular weight is 1050 g/mol. The van der Waals surface area contributed by atoms with Gasteiger partial charge in [-0.1, -0.05) is 49.7 Å². The van der Waals surface area contributed by atoms with Crippen molar-refractivity contribution in [3.8, 4) is 16.9 Å². The number of halogens is 11. The van der Waals surface area contributed by atoms with Gasteiger partial charge in [0.15, 0.2) is 0 Å². The summed E-state index contributed by atoms with van der Waals surface area (Å²) in [7, 11) is 2.52. The van der Waals surface area contributed by atoms with Gasteiger partial charge < -0.3 is 34.7 Å². The topological polar surface area (TPSA) is 139 Å². The van der Waals surface area contributed by atoms with Crippen molar-refractivity contribution in [3.63, 3.8) is 0 Å². The molecule has 0 spiro atoms. The number of benzene rings is 4. The molecule has 0 aliphatic carbocycles. The standard InChI is InChI=1S/C30H25F10NO3.C20H25ClN2O5/c1-14(2)22-11-23(25(43-4)12-24(22)31)21-6-5-18(28(32,33)34)9-17(21)13-41-15(3)26(44-27(41)42)16-7-19(29(35,36)37)10-20(8-16)30(38,39)40;1-4-28-20(25)18-15(11-27-10-9-22)23-12(2)16(19(24)26-3)17(18)13-7-5-6-8-14(13)21/h5-12,14-15,26H,13H2,1-4H3;5-8,17,23H,4,9-11,22H2,1-3H3/t15-,26-;/m0./s1. The number of nitrogens with one attached hydrogen (secondary N) is 1. The quantitative estimate of drug-likeness (QED) is 0.0543. The van der Waals surface area contributed by atoms with E-state index in [1.54, 1.807) is 52.0 Å². The number of hydrogen-bond acceptors (Lipinski definition) is 10. The third-order valence-electron chi connectivity index (χ3n) is 11.6. The van der Waals surface area contributed by atoms with Gasteiger partial charge in [-0.2, -0.15) is 39.5 Å². The van der Waals surface area contributed by atoms with Gasteiger partial charge in [0, 0.05) is 28.9 Å². The predicted octanol–water partition coefficient (Wildman–Crippen LogP) is 12.0. The molecule has 0 aromatic heterocycles. The predicted molar refractivity (Wildman–Crippen MR) is 244 cm³/mol. The van der Waals surface area contributed by atoms with Crippen LogP contribution in [0.25, 0.3) is 11.1 Å². The first-order chi connectivity index (χ1) is 33.7. The normalized spacial score (nSPS) is 17.4. The van der Waals surface area contributed by atoms with E-state index < -0.39 is 89.2 Å². The SMILES string of the molecule is CCOC(=O)C1=C(COCCN)NC(C)=C(C(=O)OC)C1c1ccccc1Cl.COc1cc(F)c(C(C)C)cc1-c1ccc(C(F)(F)F)cc1CN1C(=O)O[C@H](c2cc(C(F)(F)F)cc(C(F)(F)F)c2)[C@@H]1C. The number of cyclic esters (lactones) is 1. The minimum Gasteiger partial charge on any atom is -0.496 e. The maximum atomic E-state index is 14.7. The number of dihydropyridines is 1. The fourth-order valence-electron chi connectivity index (χ4n) is 8.16. The molecule has 3 atom stereocenters. The lowest BCUT2D eigenvalue weighted by Crippen LogP contribution is -2.35. The molecular formula is C50H50ClF10N3O8. The zero-order valence-electron chi connectivity index (χ0n) is 39.7. The number of amides is 1. The molecule has 2 heterocycles. The highest BCUT2D eigenvalue weighted by atomic mass is 35.5. The Morgan fingerprint density at radius 1 is 0.847 bits per heavy atom. The van der Waals surface area contributed by atoms with E-state index in [0.29, 0.717) is 52.8 Å². The van der Waals surface area contributed by atoms with Crippen LogP contribution in [0, 0.1) is 5.82 Å². The summed E-state index contributed by atoms with van der Waals surface area (Å²) in [5.74, 6) is -2.84. The van der Waals surface area contributed by atoms with E-state index >= 15 is 0 Å². The Kier molecular flexibility index (Phi) is 18.1. The van der Waals surface area contributed by atoms with Crippen molar-refractivity contribution in [2.45, 2.75) is 83.7 Å². The van der Waals surface area contributed by atoms with Crippen LogP contribution in [0.3, 0.4) is 0 Å². The number of allylic oxidation sites excluding steroid dienone is 1. The second-order valence-electron chi connectivity index (χ2n) is 16.7. The minimum atomic E-state index is -5.16. The van der Waals surface area contributed by atoms with E-state index in [1.165, 1.54) is 27.2 Å². The first-order valence-electron chi connectivity index (χ1n) is 22.0. The van der Waals surface area contributed by atoms with Gasteiger partial charge in [0.2, 0.25) is 0 Å².